The Morgan fingerprint density at radius 1 is 0.308 bits per heavy atom. The van der Waals surface area contributed by atoms with E-state index in [1.54, 1.807) is 0 Å². The van der Waals surface area contributed by atoms with Gasteiger partial charge in [-0.15, -0.1) is 0 Å². The molecular formula is C48H30N2O2. The molecule has 4 heteroatoms. The molecule has 0 amide bonds. The second kappa shape index (κ2) is 11.2. The summed E-state index contributed by atoms with van der Waals surface area (Å²) in [5, 5.41) is 4.65. The number of para-hydroxylation sites is 4. The molecule has 0 saturated carbocycles. The minimum atomic E-state index is 0.700. The van der Waals surface area contributed by atoms with Crippen molar-refractivity contribution in [3.05, 3.63) is 182 Å². The van der Waals surface area contributed by atoms with Crippen molar-refractivity contribution < 1.29 is 9.47 Å². The zero-order valence-electron chi connectivity index (χ0n) is 28.0. The van der Waals surface area contributed by atoms with E-state index in [0.29, 0.717) is 23.0 Å². The molecule has 0 radical (unpaired) electrons. The summed E-state index contributed by atoms with van der Waals surface area (Å²) >= 11 is 0. The van der Waals surface area contributed by atoms with Crippen LogP contribution in [0.1, 0.15) is 0 Å². The third-order valence-electron chi connectivity index (χ3n) is 10.3. The summed E-state index contributed by atoms with van der Waals surface area (Å²) in [4.78, 5) is 0. The van der Waals surface area contributed by atoms with Crippen molar-refractivity contribution in [3.8, 4) is 56.6 Å². The van der Waals surface area contributed by atoms with Crippen LogP contribution in [0.25, 0.3) is 77.2 Å². The van der Waals surface area contributed by atoms with E-state index in [4.69, 9.17) is 9.47 Å². The molecule has 0 atom stereocenters. The normalized spacial score (nSPS) is 12.2. The first kappa shape index (κ1) is 28.8. The Morgan fingerprint density at radius 3 is 1.56 bits per heavy atom. The van der Waals surface area contributed by atoms with Gasteiger partial charge in [-0.05, 0) is 82.9 Å². The van der Waals surface area contributed by atoms with Gasteiger partial charge in [-0.1, -0.05) is 115 Å². The number of hydrogen-bond acceptors (Lipinski definition) is 2. The molecule has 10 aromatic rings. The number of hydrogen-bond donors (Lipinski definition) is 0. The van der Waals surface area contributed by atoms with Crippen molar-refractivity contribution in [2.45, 2.75) is 0 Å². The lowest BCUT2D eigenvalue weighted by Gasteiger charge is -2.20. The van der Waals surface area contributed by atoms with Crippen molar-refractivity contribution in [1.29, 1.82) is 0 Å². The van der Waals surface area contributed by atoms with Crippen molar-refractivity contribution >= 4 is 43.6 Å². The Morgan fingerprint density at radius 2 is 0.885 bits per heavy atom. The maximum absolute atomic E-state index is 6.52. The fourth-order valence-electron chi connectivity index (χ4n) is 8.04. The smallest absolute Gasteiger partial charge is 0.172 e. The summed E-state index contributed by atoms with van der Waals surface area (Å²) in [5.74, 6) is 2.83. The number of aromatic nitrogens is 2. The lowest BCUT2D eigenvalue weighted by atomic mass is 9.98. The third kappa shape index (κ3) is 4.34. The summed E-state index contributed by atoms with van der Waals surface area (Å²) in [6, 6.07) is 64.4. The Bertz CT molecular complexity index is 2940. The molecule has 2 aromatic heterocycles. The van der Waals surface area contributed by atoms with Gasteiger partial charge >= 0.3 is 0 Å². The van der Waals surface area contributed by atoms with E-state index >= 15 is 0 Å². The number of benzene rings is 8. The Balaban J connectivity index is 1.29. The van der Waals surface area contributed by atoms with Gasteiger partial charge in [0.05, 0.1) is 22.1 Å². The summed E-state index contributed by atoms with van der Waals surface area (Å²) in [5.41, 5.74) is 11.3. The van der Waals surface area contributed by atoms with Gasteiger partial charge in [0.15, 0.2) is 23.0 Å². The molecule has 0 saturated heterocycles. The first-order valence-corrected chi connectivity index (χ1v) is 17.6. The van der Waals surface area contributed by atoms with Gasteiger partial charge < -0.3 is 18.6 Å². The third-order valence-corrected chi connectivity index (χ3v) is 10.3. The average Bonchev–Trinajstić information content (AvgIpc) is 3.72. The van der Waals surface area contributed by atoms with Gasteiger partial charge in [0.2, 0.25) is 0 Å². The van der Waals surface area contributed by atoms with E-state index in [2.05, 4.69) is 167 Å². The fraction of sp³-hybridized carbons (Fsp3) is 0. The van der Waals surface area contributed by atoms with Crippen LogP contribution in [-0.2, 0) is 0 Å². The monoisotopic (exact) mass is 666 g/mol. The van der Waals surface area contributed by atoms with Crippen molar-refractivity contribution in [1.82, 2.24) is 9.13 Å². The predicted octanol–water partition coefficient (Wildman–Crippen LogP) is 13.1. The highest BCUT2D eigenvalue weighted by Crippen LogP contribution is 2.50. The highest BCUT2D eigenvalue weighted by molar-refractivity contribution is 6.26. The van der Waals surface area contributed by atoms with E-state index in [-0.39, 0.29) is 0 Å². The van der Waals surface area contributed by atoms with Crippen LogP contribution in [0.5, 0.6) is 23.0 Å². The van der Waals surface area contributed by atoms with Gasteiger partial charge in [-0.25, -0.2) is 0 Å². The molecular weight excluding hydrogens is 637 g/mol. The van der Waals surface area contributed by atoms with Crippen molar-refractivity contribution in [2.24, 2.45) is 0 Å². The second-order valence-corrected chi connectivity index (χ2v) is 13.3. The lowest BCUT2D eigenvalue weighted by molar-refractivity contribution is 0.360. The molecule has 0 aliphatic carbocycles. The van der Waals surface area contributed by atoms with E-state index in [1.807, 2.05) is 24.3 Å². The molecule has 1 aliphatic rings. The lowest BCUT2D eigenvalue weighted by Crippen LogP contribution is -1.99. The molecule has 0 fully saturated rings. The van der Waals surface area contributed by atoms with Crippen LogP contribution >= 0.6 is 0 Å². The summed E-state index contributed by atoms with van der Waals surface area (Å²) in [6.45, 7) is 0. The highest BCUT2D eigenvalue weighted by atomic mass is 16.6. The Hall–Kier alpha value is -7.04. The number of fused-ring (bicyclic) bond motifs is 9. The maximum atomic E-state index is 6.52. The standard InChI is InChI=1S/C48H30N2O2/c1-4-14-31(15-5-1)33-26-34(32-16-6-2-7-17-32)28-36(27-33)50-40-21-11-10-20-37(40)38-24-25-41-47(48(38)50)39-29-45-46(52-44-23-13-12-22-43(44)51-45)30-42(39)49(41)35-18-8-3-9-19-35/h1-30H. The van der Waals surface area contributed by atoms with Gasteiger partial charge in [0.25, 0.3) is 0 Å². The highest BCUT2D eigenvalue weighted by Gasteiger charge is 2.26. The van der Waals surface area contributed by atoms with Crippen LogP contribution in [-0.4, -0.2) is 9.13 Å². The summed E-state index contributed by atoms with van der Waals surface area (Å²) < 4.78 is 17.8. The first-order valence-electron chi connectivity index (χ1n) is 17.6. The van der Waals surface area contributed by atoms with Gasteiger partial charge in [-0.2, -0.15) is 0 Å². The molecule has 52 heavy (non-hydrogen) atoms. The molecule has 4 nitrogen and oxygen atoms in total. The first-order chi connectivity index (χ1) is 25.8. The number of rotatable bonds is 4. The van der Waals surface area contributed by atoms with Crippen LogP contribution in [0.4, 0.5) is 0 Å². The van der Waals surface area contributed by atoms with Crippen LogP contribution in [0.3, 0.4) is 0 Å². The molecule has 244 valence electrons. The quantitative estimate of drug-likeness (QED) is 0.187. The van der Waals surface area contributed by atoms with E-state index in [0.717, 1.165) is 44.2 Å². The molecule has 0 unspecified atom stereocenters. The van der Waals surface area contributed by atoms with Crippen LogP contribution in [0, 0.1) is 0 Å². The summed E-state index contributed by atoms with van der Waals surface area (Å²) in [6.07, 6.45) is 0. The van der Waals surface area contributed by atoms with Crippen LogP contribution in [0.15, 0.2) is 182 Å². The van der Waals surface area contributed by atoms with E-state index in [9.17, 15) is 0 Å². The SMILES string of the molecule is c1ccc(-c2cc(-c3ccccc3)cc(-n3c4ccccc4c4ccc5c(c6cc7c(cc6n5-c5ccccc5)Oc5ccccc5O7)c43)c2)cc1. The van der Waals surface area contributed by atoms with Crippen molar-refractivity contribution in [2.75, 3.05) is 0 Å². The fourth-order valence-corrected chi connectivity index (χ4v) is 8.04. The molecule has 1 aliphatic heterocycles. The zero-order chi connectivity index (χ0) is 34.2. The van der Waals surface area contributed by atoms with E-state index < -0.39 is 0 Å². The minimum Gasteiger partial charge on any atom is -0.449 e. The number of ether oxygens (including phenoxy) is 2. The zero-order valence-corrected chi connectivity index (χ0v) is 28.0. The Labute approximate surface area is 300 Å². The molecule has 8 aromatic carbocycles. The maximum Gasteiger partial charge on any atom is 0.172 e. The topological polar surface area (TPSA) is 28.3 Å². The van der Waals surface area contributed by atoms with E-state index in [1.165, 1.54) is 33.0 Å². The predicted molar refractivity (Wildman–Crippen MR) is 213 cm³/mol. The largest absolute Gasteiger partial charge is 0.449 e. The molecule has 0 N–H and O–H groups in total. The van der Waals surface area contributed by atoms with Gasteiger partial charge in [0, 0.05) is 39.0 Å². The second-order valence-electron chi connectivity index (χ2n) is 13.3. The molecule has 11 rings (SSSR count). The van der Waals surface area contributed by atoms with Crippen molar-refractivity contribution in [3.63, 3.8) is 0 Å². The molecule has 0 spiro atoms. The number of nitrogens with zero attached hydrogens (tertiary/aromatic N) is 2. The van der Waals surface area contributed by atoms with Crippen LogP contribution < -0.4 is 9.47 Å². The molecule has 3 heterocycles. The average molecular weight is 667 g/mol. The minimum absolute atomic E-state index is 0.700. The van der Waals surface area contributed by atoms with Crippen LogP contribution in [0.2, 0.25) is 0 Å². The van der Waals surface area contributed by atoms with Gasteiger partial charge in [0.1, 0.15) is 0 Å². The van der Waals surface area contributed by atoms with Gasteiger partial charge in [-0.3, -0.25) is 0 Å². The molecule has 0 bridgehead atoms. The summed E-state index contributed by atoms with van der Waals surface area (Å²) in [7, 11) is 0. The Kier molecular flexibility index (Phi) is 6.22.